The Balaban J connectivity index is 2.69. The fourth-order valence-corrected chi connectivity index (χ4v) is 1.46. The summed E-state index contributed by atoms with van der Waals surface area (Å²) in [7, 11) is 0. The molecule has 0 bridgehead atoms. The molecule has 5 nitrogen and oxygen atoms in total. The third-order valence-electron chi connectivity index (χ3n) is 1.83. The van der Waals surface area contributed by atoms with Gasteiger partial charge in [-0.05, 0) is 12.1 Å². The number of alkyl halides is 1. The first-order chi connectivity index (χ1) is 8.67. The van der Waals surface area contributed by atoms with Gasteiger partial charge in [0.15, 0.2) is 0 Å². The molecule has 0 aliphatic carbocycles. The molecule has 1 amide bonds. The number of nitrogens with one attached hydrogen (secondary N) is 2. The van der Waals surface area contributed by atoms with Crippen LogP contribution in [0.1, 0.15) is 0 Å². The predicted octanol–water partition coefficient (Wildman–Crippen LogP) is 2.02. The fraction of sp³-hybridized carbons (Fsp3) is 0.182. The van der Waals surface area contributed by atoms with Crippen LogP contribution in [-0.2, 0) is 4.79 Å². The Morgan fingerprint density at radius 2 is 2.44 bits per heavy atom. The van der Waals surface area contributed by atoms with Crippen LogP contribution in [0.3, 0.4) is 0 Å². The van der Waals surface area contributed by atoms with Crippen LogP contribution in [0.2, 0.25) is 0 Å². The molecule has 7 heteroatoms. The maximum atomic E-state index is 11.5. The second kappa shape index (κ2) is 7.69. The molecule has 0 unspecified atom stereocenters. The van der Waals surface area contributed by atoms with Crippen molar-refractivity contribution in [3.05, 3.63) is 34.6 Å². The predicted molar refractivity (Wildman–Crippen MR) is 73.0 cm³/mol. The number of carbonyl (C=O) groups is 1. The number of halogens is 2. The van der Waals surface area contributed by atoms with Crippen LogP contribution in [0.4, 0.5) is 5.82 Å². The van der Waals surface area contributed by atoms with Crippen LogP contribution >= 0.6 is 27.5 Å². The minimum Gasteiger partial charge on any atom is -0.350 e. The van der Waals surface area contributed by atoms with E-state index >= 15 is 0 Å². The largest absolute Gasteiger partial charge is 0.350 e. The van der Waals surface area contributed by atoms with Gasteiger partial charge in [-0.25, -0.2) is 4.98 Å². The second-order valence-corrected chi connectivity index (χ2v) is 4.41. The molecule has 0 aliphatic heterocycles. The van der Waals surface area contributed by atoms with Crippen molar-refractivity contribution in [3.8, 4) is 6.07 Å². The Bertz CT molecular complexity index is 498. The van der Waals surface area contributed by atoms with Gasteiger partial charge in [-0.1, -0.05) is 15.9 Å². The van der Waals surface area contributed by atoms with Crippen molar-refractivity contribution in [1.29, 1.82) is 5.26 Å². The maximum absolute atomic E-state index is 11.5. The Morgan fingerprint density at radius 3 is 3.06 bits per heavy atom. The fourth-order valence-electron chi connectivity index (χ4n) is 1.03. The summed E-state index contributed by atoms with van der Waals surface area (Å²) in [6, 6.07) is 5.30. The third kappa shape index (κ3) is 4.73. The number of anilines is 1. The summed E-state index contributed by atoms with van der Waals surface area (Å²) in [5.74, 6) is 0.355. The lowest BCUT2D eigenvalue weighted by Crippen LogP contribution is -2.26. The zero-order chi connectivity index (χ0) is 13.4. The monoisotopic (exact) mass is 328 g/mol. The summed E-state index contributed by atoms with van der Waals surface area (Å²) in [4.78, 5) is 15.5. The summed E-state index contributed by atoms with van der Waals surface area (Å²) in [5, 5.41) is 14.1. The molecular weight excluding hydrogens is 320 g/mol. The first kappa shape index (κ1) is 14.5. The number of nitrogens with zero attached hydrogens (tertiary/aromatic N) is 2. The zero-order valence-electron chi connectivity index (χ0n) is 9.28. The van der Waals surface area contributed by atoms with E-state index in [1.165, 1.54) is 6.20 Å². The minimum atomic E-state index is -0.472. The van der Waals surface area contributed by atoms with Crippen molar-refractivity contribution < 1.29 is 4.79 Å². The van der Waals surface area contributed by atoms with Gasteiger partial charge in [0.25, 0.3) is 5.91 Å². The van der Waals surface area contributed by atoms with Crippen molar-refractivity contribution in [2.45, 2.75) is 0 Å². The van der Waals surface area contributed by atoms with Gasteiger partial charge in [0.05, 0.1) is 0 Å². The molecule has 2 N–H and O–H groups in total. The lowest BCUT2D eigenvalue weighted by Gasteiger charge is -2.03. The standard InChI is InChI=1S/C11H10BrClN4O/c12-9-1-3-15-10(5-9)17-7-8(6-14)11(18)16-4-2-13/h1,3,5,7H,2,4H2,(H,15,17)(H,16,18)/b8-7-. The normalized spacial score (nSPS) is 10.6. The van der Waals surface area contributed by atoms with E-state index in [0.717, 1.165) is 4.47 Å². The van der Waals surface area contributed by atoms with Gasteiger partial charge in [-0.3, -0.25) is 4.79 Å². The third-order valence-corrected chi connectivity index (χ3v) is 2.51. The van der Waals surface area contributed by atoms with Crippen LogP contribution in [-0.4, -0.2) is 23.3 Å². The Hall–Kier alpha value is -1.58. The number of nitriles is 1. The first-order valence-electron chi connectivity index (χ1n) is 5.00. The molecule has 0 saturated carbocycles. The van der Waals surface area contributed by atoms with Crippen molar-refractivity contribution in [2.24, 2.45) is 0 Å². The minimum absolute atomic E-state index is 0.0399. The van der Waals surface area contributed by atoms with E-state index < -0.39 is 5.91 Å². The summed E-state index contributed by atoms with van der Waals surface area (Å²) >= 11 is 8.73. The van der Waals surface area contributed by atoms with Crippen molar-refractivity contribution >= 4 is 39.3 Å². The number of hydrogen-bond donors (Lipinski definition) is 2. The van der Waals surface area contributed by atoms with E-state index in [1.54, 1.807) is 24.4 Å². The summed E-state index contributed by atoms with van der Waals surface area (Å²) in [6.45, 7) is 0.314. The van der Waals surface area contributed by atoms with Gasteiger partial charge in [0, 0.05) is 29.3 Å². The van der Waals surface area contributed by atoms with Gasteiger partial charge in [-0.2, -0.15) is 5.26 Å². The van der Waals surface area contributed by atoms with E-state index in [0.29, 0.717) is 18.2 Å². The average Bonchev–Trinajstić information content (AvgIpc) is 2.37. The molecule has 1 aromatic rings. The molecule has 1 heterocycles. The van der Waals surface area contributed by atoms with Gasteiger partial charge < -0.3 is 10.6 Å². The molecule has 0 aliphatic rings. The molecule has 0 saturated heterocycles. The Labute approximate surface area is 118 Å². The SMILES string of the molecule is N#C/C(=C/Nc1cc(Br)ccn1)C(=O)NCCCl. The molecule has 94 valence electrons. The van der Waals surface area contributed by atoms with Crippen LogP contribution in [0.15, 0.2) is 34.6 Å². The molecular formula is C11H10BrClN4O. The molecule has 1 aromatic heterocycles. The van der Waals surface area contributed by atoms with Crippen molar-refractivity contribution in [3.63, 3.8) is 0 Å². The summed E-state index contributed by atoms with van der Waals surface area (Å²) in [6.07, 6.45) is 2.90. The zero-order valence-corrected chi connectivity index (χ0v) is 11.6. The smallest absolute Gasteiger partial charge is 0.263 e. The van der Waals surface area contributed by atoms with E-state index in [1.807, 2.05) is 0 Å². The van der Waals surface area contributed by atoms with E-state index in [9.17, 15) is 4.79 Å². The molecule has 0 aromatic carbocycles. The number of aromatic nitrogens is 1. The lowest BCUT2D eigenvalue weighted by atomic mass is 10.3. The highest BCUT2D eigenvalue weighted by Gasteiger charge is 2.07. The van der Waals surface area contributed by atoms with Crippen molar-refractivity contribution in [1.82, 2.24) is 10.3 Å². The average molecular weight is 330 g/mol. The summed E-state index contributed by atoms with van der Waals surface area (Å²) in [5.41, 5.74) is -0.0399. The summed E-state index contributed by atoms with van der Waals surface area (Å²) < 4.78 is 0.846. The lowest BCUT2D eigenvalue weighted by molar-refractivity contribution is -0.117. The van der Waals surface area contributed by atoms with Crippen LogP contribution in [0.25, 0.3) is 0 Å². The van der Waals surface area contributed by atoms with Crippen LogP contribution in [0.5, 0.6) is 0 Å². The van der Waals surface area contributed by atoms with Crippen LogP contribution < -0.4 is 10.6 Å². The molecule has 1 rings (SSSR count). The van der Waals surface area contributed by atoms with Gasteiger partial charge in [-0.15, -0.1) is 11.6 Å². The number of rotatable bonds is 5. The van der Waals surface area contributed by atoms with E-state index in [2.05, 4.69) is 31.5 Å². The number of hydrogen-bond acceptors (Lipinski definition) is 4. The quantitative estimate of drug-likeness (QED) is 0.492. The molecule has 0 spiro atoms. The molecule has 0 atom stereocenters. The highest BCUT2D eigenvalue weighted by Crippen LogP contribution is 2.12. The van der Waals surface area contributed by atoms with Crippen LogP contribution in [0, 0.1) is 11.3 Å². The maximum Gasteiger partial charge on any atom is 0.263 e. The van der Waals surface area contributed by atoms with E-state index in [4.69, 9.17) is 16.9 Å². The highest BCUT2D eigenvalue weighted by atomic mass is 79.9. The molecule has 0 fully saturated rings. The van der Waals surface area contributed by atoms with Gasteiger partial charge in [0.1, 0.15) is 17.5 Å². The number of pyridine rings is 1. The number of amides is 1. The topological polar surface area (TPSA) is 77.8 Å². The Morgan fingerprint density at radius 1 is 1.67 bits per heavy atom. The molecule has 0 radical (unpaired) electrons. The second-order valence-electron chi connectivity index (χ2n) is 3.12. The number of carbonyl (C=O) groups excluding carboxylic acids is 1. The van der Waals surface area contributed by atoms with E-state index in [-0.39, 0.29) is 5.57 Å². The van der Waals surface area contributed by atoms with Gasteiger partial charge >= 0.3 is 0 Å². The Kier molecular flexibility index (Phi) is 6.19. The molecule has 18 heavy (non-hydrogen) atoms. The first-order valence-corrected chi connectivity index (χ1v) is 6.32. The van der Waals surface area contributed by atoms with Gasteiger partial charge in [0.2, 0.25) is 0 Å². The highest BCUT2D eigenvalue weighted by molar-refractivity contribution is 9.10. The van der Waals surface area contributed by atoms with Crippen molar-refractivity contribution in [2.75, 3.05) is 17.7 Å².